The quantitative estimate of drug-likeness (QED) is 0.766. The van der Waals surface area contributed by atoms with Crippen LogP contribution in [0.2, 0.25) is 5.02 Å². The Morgan fingerprint density at radius 1 is 1.53 bits per heavy atom. The molecule has 0 radical (unpaired) electrons. The number of aliphatic hydroxyl groups excluding tert-OH is 1. The Morgan fingerprint density at radius 2 is 2.20 bits per heavy atom. The third kappa shape index (κ3) is 3.37. The molecule has 1 aromatic carbocycles. The standard InChI is InChI=1S/C13H17ClO/c1-4-9(2)7-13(15)12-6-5-11(14)8-10(12)3/h5-6,8,13,15H,2,4,7H2,1,3H3. The van der Waals surface area contributed by atoms with Gasteiger partial charge in [-0.05, 0) is 43.0 Å². The Morgan fingerprint density at radius 3 is 2.73 bits per heavy atom. The van der Waals surface area contributed by atoms with Crippen LogP contribution in [0.1, 0.15) is 37.0 Å². The Balaban J connectivity index is 2.82. The summed E-state index contributed by atoms with van der Waals surface area (Å²) < 4.78 is 0. The van der Waals surface area contributed by atoms with Gasteiger partial charge in [0.25, 0.3) is 0 Å². The van der Waals surface area contributed by atoms with Crippen LogP contribution in [0.15, 0.2) is 30.4 Å². The van der Waals surface area contributed by atoms with E-state index in [4.69, 9.17) is 11.6 Å². The molecule has 2 heteroatoms. The first kappa shape index (κ1) is 12.3. The summed E-state index contributed by atoms with van der Waals surface area (Å²) >= 11 is 5.86. The van der Waals surface area contributed by atoms with Crippen LogP contribution in [0.25, 0.3) is 0 Å². The number of hydrogen-bond acceptors (Lipinski definition) is 1. The third-order valence-electron chi connectivity index (χ3n) is 2.57. The van der Waals surface area contributed by atoms with Crippen LogP contribution in [0, 0.1) is 6.92 Å². The Kier molecular flexibility index (Phi) is 4.37. The van der Waals surface area contributed by atoms with Crippen LogP contribution in [-0.4, -0.2) is 5.11 Å². The lowest BCUT2D eigenvalue weighted by Crippen LogP contribution is -2.01. The fourth-order valence-corrected chi connectivity index (χ4v) is 1.77. The van der Waals surface area contributed by atoms with Gasteiger partial charge in [-0.25, -0.2) is 0 Å². The second-order valence-electron chi connectivity index (χ2n) is 3.82. The average Bonchev–Trinajstić information content (AvgIpc) is 2.17. The van der Waals surface area contributed by atoms with Crippen molar-refractivity contribution in [2.45, 2.75) is 32.8 Å². The Labute approximate surface area is 96.4 Å². The molecule has 0 bridgehead atoms. The fraction of sp³-hybridized carbons (Fsp3) is 0.385. The van der Waals surface area contributed by atoms with Gasteiger partial charge < -0.3 is 5.11 Å². The molecule has 1 nitrogen and oxygen atoms in total. The summed E-state index contributed by atoms with van der Waals surface area (Å²) in [7, 11) is 0. The Hall–Kier alpha value is -0.790. The maximum Gasteiger partial charge on any atom is 0.0829 e. The minimum absolute atomic E-state index is 0.463. The van der Waals surface area contributed by atoms with Gasteiger partial charge in [-0.2, -0.15) is 0 Å². The molecular formula is C13H17ClO. The van der Waals surface area contributed by atoms with Crippen molar-refractivity contribution in [1.29, 1.82) is 0 Å². The molecule has 0 saturated heterocycles. The molecule has 82 valence electrons. The third-order valence-corrected chi connectivity index (χ3v) is 2.81. The van der Waals surface area contributed by atoms with E-state index >= 15 is 0 Å². The van der Waals surface area contributed by atoms with Gasteiger partial charge in [0.05, 0.1) is 6.10 Å². The summed E-state index contributed by atoms with van der Waals surface area (Å²) in [6.07, 6.45) is 1.07. The summed E-state index contributed by atoms with van der Waals surface area (Å²) in [6.45, 7) is 7.90. The number of aliphatic hydroxyl groups is 1. The first-order valence-corrected chi connectivity index (χ1v) is 5.53. The molecule has 1 N–H and O–H groups in total. The molecule has 0 aliphatic heterocycles. The summed E-state index contributed by atoms with van der Waals surface area (Å²) in [4.78, 5) is 0. The summed E-state index contributed by atoms with van der Waals surface area (Å²) in [5.74, 6) is 0. The lowest BCUT2D eigenvalue weighted by atomic mass is 9.97. The van der Waals surface area contributed by atoms with Crippen LogP contribution in [0.3, 0.4) is 0 Å². The van der Waals surface area contributed by atoms with Crippen LogP contribution < -0.4 is 0 Å². The predicted molar refractivity (Wildman–Crippen MR) is 65.2 cm³/mol. The van der Waals surface area contributed by atoms with Crippen LogP contribution >= 0.6 is 11.6 Å². The Bertz CT molecular complexity index is 358. The molecule has 1 atom stereocenters. The van der Waals surface area contributed by atoms with E-state index in [-0.39, 0.29) is 0 Å². The molecule has 1 aromatic rings. The van der Waals surface area contributed by atoms with Crippen molar-refractivity contribution < 1.29 is 5.11 Å². The van der Waals surface area contributed by atoms with Crippen molar-refractivity contribution in [1.82, 2.24) is 0 Å². The van der Waals surface area contributed by atoms with Gasteiger partial charge in [-0.3, -0.25) is 0 Å². The molecule has 0 saturated carbocycles. The van der Waals surface area contributed by atoms with Gasteiger partial charge in [-0.1, -0.05) is 36.7 Å². The molecule has 0 aliphatic rings. The van der Waals surface area contributed by atoms with Crippen molar-refractivity contribution in [3.8, 4) is 0 Å². The van der Waals surface area contributed by atoms with Gasteiger partial charge >= 0.3 is 0 Å². The van der Waals surface area contributed by atoms with Crippen molar-refractivity contribution in [2.24, 2.45) is 0 Å². The number of rotatable bonds is 4. The van der Waals surface area contributed by atoms with Gasteiger partial charge in [0.15, 0.2) is 0 Å². The van der Waals surface area contributed by atoms with Crippen molar-refractivity contribution in [2.75, 3.05) is 0 Å². The maximum absolute atomic E-state index is 9.99. The van der Waals surface area contributed by atoms with Crippen LogP contribution in [0.4, 0.5) is 0 Å². The summed E-state index contributed by atoms with van der Waals surface area (Å²) in [6, 6.07) is 5.56. The zero-order chi connectivity index (χ0) is 11.4. The highest BCUT2D eigenvalue weighted by molar-refractivity contribution is 6.30. The molecular weight excluding hydrogens is 208 g/mol. The predicted octanol–water partition coefficient (Wildman–Crippen LogP) is 4.04. The van der Waals surface area contributed by atoms with Gasteiger partial charge in [0, 0.05) is 5.02 Å². The summed E-state index contributed by atoms with van der Waals surface area (Å²) in [5, 5.41) is 10.7. The molecule has 0 aromatic heterocycles. The molecule has 0 spiro atoms. The van der Waals surface area contributed by atoms with E-state index < -0.39 is 6.10 Å². The van der Waals surface area contributed by atoms with Gasteiger partial charge in [0.2, 0.25) is 0 Å². The molecule has 0 fully saturated rings. The molecule has 0 heterocycles. The van der Waals surface area contributed by atoms with E-state index in [1.165, 1.54) is 0 Å². The van der Waals surface area contributed by atoms with E-state index in [1.807, 2.05) is 32.0 Å². The summed E-state index contributed by atoms with van der Waals surface area (Å²) in [5.41, 5.74) is 3.03. The number of hydrogen-bond donors (Lipinski definition) is 1. The first-order chi connectivity index (χ1) is 7.04. The molecule has 0 amide bonds. The topological polar surface area (TPSA) is 20.2 Å². The lowest BCUT2D eigenvalue weighted by Gasteiger charge is -2.14. The van der Waals surface area contributed by atoms with Gasteiger partial charge in [0.1, 0.15) is 0 Å². The molecule has 0 aliphatic carbocycles. The smallest absolute Gasteiger partial charge is 0.0829 e. The van der Waals surface area contributed by atoms with E-state index in [9.17, 15) is 5.11 Å². The van der Waals surface area contributed by atoms with Crippen LogP contribution in [-0.2, 0) is 0 Å². The normalized spacial score (nSPS) is 12.5. The zero-order valence-electron chi connectivity index (χ0n) is 9.26. The van der Waals surface area contributed by atoms with Crippen molar-refractivity contribution >= 4 is 11.6 Å². The number of benzene rings is 1. The van der Waals surface area contributed by atoms with Gasteiger partial charge in [-0.15, -0.1) is 0 Å². The minimum atomic E-state index is -0.463. The highest BCUT2D eigenvalue weighted by Gasteiger charge is 2.11. The van der Waals surface area contributed by atoms with Crippen molar-refractivity contribution in [3.63, 3.8) is 0 Å². The number of halogens is 1. The van der Waals surface area contributed by atoms with Crippen LogP contribution in [0.5, 0.6) is 0 Å². The SMILES string of the molecule is C=C(CC)CC(O)c1ccc(Cl)cc1C. The highest BCUT2D eigenvalue weighted by Crippen LogP contribution is 2.26. The monoisotopic (exact) mass is 224 g/mol. The minimum Gasteiger partial charge on any atom is -0.388 e. The molecule has 15 heavy (non-hydrogen) atoms. The largest absolute Gasteiger partial charge is 0.388 e. The molecule has 1 unspecified atom stereocenters. The highest BCUT2D eigenvalue weighted by atomic mass is 35.5. The van der Waals surface area contributed by atoms with Crippen molar-refractivity contribution in [3.05, 3.63) is 46.5 Å². The van der Waals surface area contributed by atoms with E-state index in [0.29, 0.717) is 11.4 Å². The fourth-order valence-electron chi connectivity index (χ4n) is 1.54. The second-order valence-corrected chi connectivity index (χ2v) is 4.26. The van der Waals surface area contributed by atoms with E-state index in [2.05, 4.69) is 6.58 Å². The van der Waals surface area contributed by atoms with E-state index in [1.54, 1.807) is 0 Å². The molecule has 1 rings (SSSR count). The lowest BCUT2D eigenvalue weighted by molar-refractivity contribution is 0.177. The zero-order valence-corrected chi connectivity index (χ0v) is 10.0. The second kappa shape index (κ2) is 5.34. The number of aryl methyl sites for hydroxylation is 1. The first-order valence-electron chi connectivity index (χ1n) is 5.15. The average molecular weight is 225 g/mol. The van der Waals surface area contributed by atoms with E-state index in [0.717, 1.165) is 23.1 Å². The maximum atomic E-state index is 9.99.